The van der Waals surface area contributed by atoms with Gasteiger partial charge in [0.25, 0.3) is 0 Å². The topological polar surface area (TPSA) is 83.5 Å². The van der Waals surface area contributed by atoms with Crippen molar-refractivity contribution < 1.29 is 27.1 Å². The zero-order valence-electron chi connectivity index (χ0n) is 9.90. The Balaban J connectivity index is 2.53. The summed E-state index contributed by atoms with van der Waals surface area (Å²) in [6, 6.07) is 2.83. The van der Waals surface area contributed by atoms with Crippen molar-refractivity contribution in [2.24, 2.45) is 0 Å². The first-order valence-corrected chi connectivity index (χ1v) is 7.08. The predicted molar refractivity (Wildman–Crippen MR) is 63.9 cm³/mol. The number of aliphatic carboxylic acids is 1. The Morgan fingerprint density at radius 1 is 1.32 bits per heavy atom. The Morgan fingerprint density at radius 2 is 2.00 bits per heavy atom. The van der Waals surface area contributed by atoms with E-state index in [1.165, 1.54) is 0 Å². The standard InChI is InChI=1S/C11H13F2NO4S/c12-9-4-3-8(10(13)6-9)7-14-19(17,18)5-1-2-11(15)16/h3-4,6,14H,1-2,5,7H2,(H,15,16). The summed E-state index contributed by atoms with van der Waals surface area (Å²) in [4.78, 5) is 10.2. The van der Waals surface area contributed by atoms with Crippen LogP contribution in [0.25, 0.3) is 0 Å². The highest BCUT2D eigenvalue weighted by Gasteiger charge is 2.12. The highest BCUT2D eigenvalue weighted by molar-refractivity contribution is 7.89. The zero-order chi connectivity index (χ0) is 14.5. The number of hydrogen-bond acceptors (Lipinski definition) is 3. The van der Waals surface area contributed by atoms with Gasteiger partial charge in [-0.3, -0.25) is 4.79 Å². The lowest BCUT2D eigenvalue weighted by Gasteiger charge is -2.07. The molecule has 0 fully saturated rings. The average Bonchev–Trinajstić information content (AvgIpc) is 2.27. The SMILES string of the molecule is O=C(O)CCCS(=O)(=O)NCc1ccc(F)cc1F. The second-order valence-corrected chi connectivity index (χ2v) is 5.80. The molecule has 0 aliphatic rings. The number of carbonyl (C=O) groups is 1. The third-order valence-corrected chi connectivity index (χ3v) is 3.71. The Hall–Kier alpha value is -1.54. The highest BCUT2D eigenvalue weighted by Crippen LogP contribution is 2.09. The predicted octanol–water partition coefficient (Wildman–Crippen LogP) is 1.25. The third kappa shape index (κ3) is 5.75. The van der Waals surface area contributed by atoms with Crippen LogP contribution >= 0.6 is 0 Å². The van der Waals surface area contributed by atoms with Crippen LogP contribution in [0.4, 0.5) is 8.78 Å². The molecule has 8 heteroatoms. The van der Waals surface area contributed by atoms with Gasteiger partial charge in [0.05, 0.1) is 5.75 Å². The largest absolute Gasteiger partial charge is 0.481 e. The number of carboxylic acid groups (broad SMARTS) is 1. The molecular formula is C11H13F2NO4S. The van der Waals surface area contributed by atoms with E-state index in [1.54, 1.807) is 0 Å². The van der Waals surface area contributed by atoms with Crippen LogP contribution in [0.5, 0.6) is 0 Å². The van der Waals surface area contributed by atoms with Crippen molar-refractivity contribution >= 4 is 16.0 Å². The van der Waals surface area contributed by atoms with Crippen molar-refractivity contribution in [3.8, 4) is 0 Å². The van der Waals surface area contributed by atoms with Crippen molar-refractivity contribution in [1.82, 2.24) is 4.72 Å². The molecule has 0 amide bonds. The van der Waals surface area contributed by atoms with E-state index in [1.807, 2.05) is 0 Å². The van der Waals surface area contributed by atoms with Crippen molar-refractivity contribution in [1.29, 1.82) is 0 Å². The van der Waals surface area contributed by atoms with Gasteiger partial charge in [0.2, 0.25) is 10.0 Å². The molecule has 0 heterocycles. The van der Waals surface area contributed by atoms with Crippen LogP contribution in [0, 0.1) is 11.6 Å². The third-order valence-electron chi connectivity index (χ3n) is 2.30. The molecule has 2 N–H and O–H groups in total. The Bertz CT molecular complexity index is 560. The fraction of sp³-hybridized carbons (Fsp3) is 0.364. The summed E-state index contributed by atoms with van der Waals surface area (Å²) in [5.74, 6) is -3.03. The first-order valence-electron chi connectivity index (χ1n) is 5.43. The second kappa shape index (κ2) is 6.58. The van der Waals surface area contributed by atoms with E-state index in [9.17, 15) is 22.0 Å². The van der Waals surface area contributed by atoms with E-state index in [0.717, 1.165) is 12.1 Å². The normalized spacial score (nSPS) is 11.5. The van der Waals surface area contributed by atoms with E-state index in [0.29, 0.717) is 6.07 Å². The monoisotopic (exact) mass is 293 g/mol. The summed E-state index contributed by atoms with van der Waals surface area (Å²) in [7, 11) is -3.68. The average molecular weight is 293 g/mol. The number of hydrogen-bond donors (Lipinski definition) is 2. The van der Waals surface area contributed by atoms with Crippen molar-refractivity contribution in [3.63, 3.8) is 0 Å². The molecule has 106 valence electrons. The first kappa shape index (κ1) is 15.5. The van der Waals surface area contributed by atoms with Crippen LogP contribution in [0.15, 0.2) is 18.2 Å². The maximum atomic E-state index is 13.2. The Morgan fingerprint density at radius 3 is 2.58 bits per heavy atom. The lowest BCUT2D eigenvalue weighted by atomic mass is 10.2. The second-order valence-electron chi connectivity index (χ2n) is 3.87. The Kier molecular flexibility index (Phi) is 5.37. The van der Waals surface area contributed by atoms with Gasteiger partial charge in [-0.15, -0.1) is 0 Å². The number of nitrogens with one attached hydrogen (secondary N) is 1. The van der Waals surface area contributed by atoms with Crippen LogP contribution in [-0.4, -0.2) is 25.2 Å². The molecule has 1 aromatic carbocycles. The quantitative estimate of drug-likeness (QED) is 0.792. The molecule has 1 aromatic rings. The van der Waals surface area contributed by atoms with E-state index in [2.05, 4.69) is 4.72 Å². The molecule has 0 saturated heterocycles. The van der Waals surface area contributed by atoms with Crippen LogP contribution in [-0.2, 0) is 21.4 Å². The molecule has 0 radical (unpaired) electrons. The van der Waals surface area contributed by atoms with Gasteiger partial charge in [-0.05, 0) is 12.5 Å². The number of rotatable bonds is 7. The lowest BCUT2D eigenvalue weighted by molar-refractivity contribution is -0.137. The summed E-state index contributed by atoms with van der Waals surface area (Å²) in [6.07, 6.45) is -0.289. The number of carboxylic acids is 1. The maximum Gasteiger partial charge on any atom is 0.303 e. The fourth-order valence-electron chi connectivity index (χ4n) is 1.34. The van der Waals surface area contributed by atoms with Gasteiger partial charge in [0.1, 0.15) is 11.6 Å². The van der Waals surface area contributed by atoms with E-state index in [4.69, 9.17) is 5.11 Å². The molecule has 0 spiro atoms. The first-order chi connectivity index (χ1) is 8.80. The van der Waals surface area contributed by atoms with E-state index in [-0.39, 0.29) is 30.7 Å². The van der Waals surface area contributed by atoms with Crippen LogP contribution < -0.4 is 4.72 Å². The molecule has 0 aliphatic heterocycles. The summed E-state index contributed by atoms with van der Waals surface area (Å²) in [5, 5.41) is 8.38. The smallest absolute Gasteiger partial charge is 0.303 e. The molecule has 19 heavy (non-hydrogen) atoms. The fourth-order valence-corrected chi connectivity index (χ4v) is 2.38. The molecule has 0 unspecified atom stereocenters. The molecule has 0 saturated carbocycles. The minimum atomic E-state index is -3.68. The van der Waals surface area contributed by atoms with Crippen molar-refractivity contribution in [3.05, 3.63) is 35.4 Å². The van der Waals surface area contributed by atoms with Gasteiger partial charge < -0.3 is 5.11 Å². The van der Waals surface area contributed by atoms with Crippen LogP contribution in [0.3, 0.4) is 0 Å². The van der Waals surface area contributed by atoms with E-state index >= 15 is 0 Å². The molecule has 0 aromatic heterocycles. The minimum Gasteiger partial charge on any atom is -0.481 e. The van der Waals surface area contributed by atoms with Gasteiger partial charge >= 0.3 is 5.97 Å². The Labute approximate surface area is 109 Å². The number of halogens is 2. The molecule has 0 bridgehead atoms. The maximum absolute atomic E-state index is 13.2. The molecule has 5 nitrogen and oxygen atoms in total. The molecular weight excluding hydrogens is 280 g/mol. The zero-order valence-corrected chi connectivity index (χ0v) is 10.7. The highest BCUT2D eigenvalue weighted by atomic mass is 32.2. The molecule has 1 rings (SSSR count). The van der Waals surface area contributed by atoms with Gasteiger partial charge in [0, 0.05) is 24.6 Å². The van der Waals surface area contributed by atoms with Crippen LogP contribution in [0.2, 0.25) is 0 Å². The van der Waals surface area contributed by atoms with Crippen molar-refractivity contribution in [2.45, 2.75) is 19.4 Å². The summed E-state index contributed by atoms with van der Waals surface area (Å²) >= 11 is 0. The van der Waals surface area contributed by atoms with Gasteiger partial charge in [0.15, 0.2) is 0 Å². The van der Waals surface area contributed by atoms with Crippen molar-refractivity contribution in [2.75, 3.05) is 5.75 Å². The number of sulfonamides is 1. The molecule has 0 aliphatic carbocycles. The summed E-state index contributed by atoms with van der Waals surface area (Å²) in [5.41, 5.74) is 0.0169. The summed E-state index contributed by atoms with van der Waals surface area (Å²) in [6.45, 7) is -0.304. The van der Waals surface area contributed by atoms with Gasteiger partial charge in [-0.2, -0.15) is 0 Å². The molecule has 0 atom stereocenters. The van der Waals surface area contributed by atoms with Crippen LogP contribution in [0.1, 0.15) is 18.4 Å². The number of benzene rings is 1. The summed E-state index contributed by atoms with van der Waals surface area (Å²) < 4.78 is 50.9. The van der Waals surface area contributed by atoms with Gasteiger partial charge in [-0.25, -0.2) is 21.9 Å². The minimum absolute atomic E-state index is 0.0169. The lowest BCUT2D eigenvalue weighted by Crippen LogP contribution is -2.26. The van der Waals surface area contributed by atoms with E-state index < -0.39 is 27.6 Å². The van der Waals surface area contributed by atoms with Gasteiger partial charge in [-0.1, -0.05) is 6.07 Å².